The first kappa shape index (κ1) is 16.5. The molecule has 6 N–H and O–H groups in total. The summed E-state index contributed by atoms with van der Waals surface area (Å²) in [7, 11) is 2.16. The normalized spacial score (nSPS) is 10.9. The lowest BCUT2D eigenvalue weighted by Crippen LogP contribution is -2.32. The standard InChI is InChI=1S/C14H28N6/c1-3-4-8-20(2)9-7-17-5-6-18-14-13(16)10-12(15)11-19-14/h10-11,17H,3-9,15-16H2,1-2H3,(H,18,19). The lowest BCUT2D eigenvalue weighted by molar-refractivity contribution is 0.326. The second-order valence-corrected chi connectivity index (χ2v) is 5.04. The molecule has 0 fully saturated rings. The van der Waals surface area contributed by atoms with Crippen LogP contribution in [0.1, 0.15) is 19.8 Å². The lowest BCUT2D eigenvalue weighted by Gasteiger charge is -2.16. The molecular weight excluding hydrogens is 252 g/mol. The zero-order valence-electron chi connectivity index (χ0n) is 12.7. The van der Waals surface area contributed by atoms with Crippen LogP contribution < -0.4 is 22.1 Å². The van der Waals surface area contributed by atoms with E-state index in [-0.39, 0.29) is 0 Å². The number of hydrogen-bond acceptors (Lipinski definition) is 6. The summed E-state index contributed by atoms with van der Waals surface area (Å²) in [4.78, 5) is 6.51. The Morgan fingerprint density at radius 1 is 1.20 bits per heavy atom. The Bertz CT molecular complexity index is 382. The predicted molar refractivity (Wildman–Crippen MR) is 86.8 cm³/mol. The zero-order valence-corrected chi connectivity index (χ0v) is 12.7. The van der Waals surface area contributed by atoms with E-state index in [1.807, 2.05) is 0 Å². The van der Waals surface area contributed by atoms with Crippen molar-refractivity contribution in [2.75, 3.05) is 56.6 Å². The third-order valence-electron chi connectivity index (χ3n) is 3.10. The van der Waals surface area contributed by atoms with Crippen molar-refractivity contribution in [1.82, 2.24) is 15.2 Å². The highest BCUT2D eigenvalue weighted by atomic mass is 15.1. The van der Waals surface area contributed by atoms with Crippen molar-refractivity contribution >= 4 is 17.2 Å². The third kappa shape index (κ3) is 6.58. The number of rotatable bonds is 10. The minimum absolute atomic E-state index is 0.585. The Kier molecular flexibility index (Phi) is 7.75. The Labute approximate surface area is 121 Å². The molecule has 20 heavy (non-hydrogen) atoms. The molecule has 0 saturated carbocycles. The number of unbranched alkanes of at least 4 members (excludes halogenated alkanes) is 1. The maximum atomic E-state index is 5.82. The van der Waals surface area contributed by atoms with E-state index < -0.39 is 0 Å². The van der Waals surface area contributed by atoms with Gasteiger partial charge in [0.2, 0.25) is 0 Å². The van der Waals surface area contributed by atoms with Crippen molar-refractivity contribution in [2.24, 2.45) is 0 Å². The molecule has 114 valence electrons. The van der Waals surface area contributed by atoms with Crippen molar-refractivity contribution in [3.05, 3.63) is 12.3 Å². The van der Waals surface area contributed by atoms with Crippen LogP contribution in [-0.4, -0.2) is 49.7 Å². The highest BCUT2D eigenvalue weighted by Gasteiger charge is 2.00. The summed E-state index contributed by atoms with van der Waals surface area (Å²) in [6.07, 6.45) is 4.12. The van der Waals surface area contributed by atoms with Gasteiger partial charge in [-0.1, -0.05) is 13.3 Å². The van der Waals surface area contributed by atoms with Crippen LogP contribution in [0.25, 0.3) is 0 Å². The lowest BCUT2D eigenvalue weighted by atomic mass is 10.3. The van der Waals surface area contributed by atoms with Crippen LogP contribution in [0.15, 0.2) is 12.3 Å². The van der Waals surface area contributed by atoms with Gasteiger partial charge in [0, 0.05) is 26.2 Å². The van der Waals surface area contributed by atoms with Crippen LogP contribution in [0, 0.1) is 0 Å². The SMILES string of the molecule is CCCCN(C)CCNCCNc1ncc(N)cc1N. The van der Waals surface area contributed by atoms with Gasteiger partial charge in [-0.3, -0.25) is 0 Å². The van der Waals surface area contributed by atoms with Crippen LogP contribution in [0.4, 0.5) is 17.2 Å². The zero-order chi connectivity index (χ0) is 14.8. The molecule has 0 bridgehead atoms. The van der Waals surface area contributed by atoms with Crippen LogP contribution in [-0.2, 0) is 0 Å². The number of nitrogens with one attached hydrogen (secondary N) is 2. The summed E-state index contributed by atoms with van der Waals surface area (Å²) in [5.41, 5.74) is 12.6. The van der Waals surface area contributed by atoms with E-state index >= 15 is 0 Å². The number of likely N-dealkylation sites (N-methyl/N-ethyl adjacent to an activating group) is 1. The van der Waals surface area contributed by atoms with Crippen LogP contribution in [0.5, 0.6) is 0 Å². The molecule has 0 spiro atoms. The Balaban J connectivity index is 2.07. The molecule has 0 unspecified atom stereocenters. The molecule has 0 amide bonds. The van der Waals surface area contributed by atoms with Gasteiger partial charge in [0.25, 0.3) is 0 Å². The highest BCUT2D eigenvalue weighted by Crippen LogP contribution is 2.16. The van der Waals surface area contributed by atoms with Crippen molar-refractivity contribution in [3.8, 4) is 0 Å². The number of aromatic nitrogens is 1. The minimum Gasteiger partial charge on any atom is -0.397 e. The van der Waals surface area contributed by atoms with Gasteiger partial charge in [0.15, 0.2) is 0 Å². The number of pyridine rings is 1. The number of hydrogen-bond donors (Lipinski definition) is 4. The van der Waals surface area contributed by atoms with E-state index in [1.54, 1.807) is 12.3 Å². The number of nitrogens with two attached hydrogens (primary N) is 2. The summed E-state index contributed by atoms with van der Waals surface area (Å²) >= 11 is 0. The van der Waals surface area contributed by atoms with E-state index in [9.17, 15) is 0 Å². The monoisotopic (exact) mass is 280 g/mol. The fourth-order valence-corrected chi connectivity index (χ4v) is 1.85. The van der Waals surface area contributed by atoms with E-state index in [2.05, 4.69) is 34.5 Å². The molecule has 0 radical (unpaired) electrons. The second-order valence-electron chi connectivity index (χ2n) is 5.04. The first-order chi connectivity index (χ1) is 9.63. The molecule has 1 aromatic heterocycles. The van der Waals surface area contributed by atoms with Gasteiger partial charge in [-0.15, -0.1) is 0 Å². The Morgan fingerprint density at radius 2 is 2.00 bits per heavy atom. The van der Waals surface area contributed by atoms with Gasteiger partial charge in [0.1, 0.15) is 5.82 Å². The van der Waals surface area contributed by atoms with Gasteiger partial charge >= 0.3 is 0 Å². The van der Waals surface area contributed by atoms with E-state index in [1.165, 1.54) is 19.4 Å². The number of anilines is 3. The van der Waals surface area contributed by atoms with E-state index in [0.29, 0.717) is 17.2 Å². The third-order valence-corrected chi connectivity index (χ3v) is 3.10. The molecule has 0 aliphatic carbocycles. The Hall–Kier alpha value is -1.53. The fraction of sp³-hybridized carbons (Fsp3) is 0.643. The molecule has 0 saturated heterocycles. The van der Waals surface area contributed by atoms with Crippen molar-refractivity contribution in [3.63, 3.8) is 0 Å². The topological polar surface area (TPSA) is 92.2 Å². The molecule has 1 rings (SSSR count). The smallest absolute Gasteiger partial charge is 0.149 e. The summed E-state index contributed by atoms with van der Waals surface area (Å²) in [5, 5.41) is 6.59. The number of nitrogens with zero attached hydrogens (tertiary/aromatic N) is 2. The first-order valence-electron chi connectivity index (χ1n) is 7.27. The summed E-state index contributed by atoms with van der Waals surface area (Å²) in [5.74, 6) is 0.695. The van der Waals surface area contributed by atoms with E-state index in [4.69, 9.17) is 11.5 Å². The highest BCUT2D eigenvalue weighted by molar-refractivity contribution is 5.65. The average molecular weight is 280 g/mol. The van der Waals surface area contributed by atoms with Crippen LogP contribution >= 0.6 is 0 Å². The van der Waals surface area contributed by atoms with Crippen molar-refractivity contribution in [1.29, 1.82) is 0 Å². The van der Waals surface area contributed by atoms with Gasteiger partial charge < -0.3 is 27.0 Å². The van der Waals surface area contributed by atoms with Crippen molar-refractivity contribution in [2.45, 2.75) is 19.8 Å². The fourth-order valence-electron chi connectivity index (χ4n) is 1.85. The first-order valence-corrected chi connectivity index (χ1v) is 7.27. The van der Waals surface area contributed by atoms with Crippen LogP contribution in [0.2, 0.25) is 0 Å². The van der Waals surface area contributed by atoms with Gasteiger partial charge in [0.05, 0.1) is 17.6 Å². The predicted octanol–water partition coefficient (Wildman–Crippen LogP) is 0.979. The van der Waals surface area contributed by atoms with Gasteiger partial charge in [-0.25, -0.2) is 4.98 Å². The van der Waals surface area contributed by atoms with Crippen LogP contribution in [0.3, 0.4) is 0 Å². The maximum Gasteiger partial charge on any atom is 0.149 e. The summed E-state index contributed by atoms with van der Waals surface area (Å²) in [6.45, 7) is 7.12. The molecule has 0 aromatic carbocycles. The molecule has 6 nitrogen and oxygen atoms in total. The molecule has 6 heteroatoms. The average Bonchev–Trinajstić information content (AvgIpc) is 2.42. The quantitative estimate of drug-likeness (QED) is 0.478. The summed E-state index contributed by atoms with van der Waals surface area (Å²) < 4.78 is 0. The van der Waals surface area contributed by atoms with E-state index in [0.717, 1.165) is 26.2 Å². The number of nitrogen functional groups attached to an aromatic ring is 2. The molecule has 1 heterocycles. The molecular formula is C14H28N6. The molecule has 0 atom stereocenters. The Morgan fingerprint density at radius 3 is 2.70 bits per heavy atom. The molecule has 0 aliphatic heterocycles. The largest absolute Gasteiger partial charge is 0.397 e. The maximum absolute atomic E-state index is 5.82. The summed E-state index contributed by atoms with van der Waals surface area (Å²) in [6, 6.07) is 1.71. The molecule has 0 aliphatic rings. The van der Waals surface area contributed by atoms with Gasteiger partial charge in [-0.05, 0) is 26.1 Å². The van der Waals surface area contributed by atoms with Gasteiger partial charge in [-0.2, -0.15) is 0 Å². The second kappa shape index (κ2) is 9.39. The van der Waals surface area contributed by atoms with Crippen molar-refractivity contribution < 1.29 is 0 Å². The molecule has 1 aromatic rings. The minimum atomic E-state index is 0.585.